The second kappa shape index (κ2) is 6.73. The first-order valence-corrected chi connectivity index (χ1v) is 7.65. The van der Waals surface area contributed by atoms with Crippen molar-refractivity contribution in [3.63, 3.8) is 0 Å². The van der Waals surface area contributed by atoms with Crippen molar-refractivity contribution in [2.24, 2.45) is 0 Å². The molecule has 1 aromatic heterocycles. The maximum absolute atomic E-state index is 9.94. The Balaban J connectivity index is 2.01. The van der Waals surface area contributed by atoms with E-state index >= 15 is 0 Å². The van der Waals surface area contributed by atoms with Crippen LogP contribution in [0.3, 0.4) is 0 Å². The average molecular weight is 275 g/mol. The van der Waals surface area contributed by atoms with E-state index in [9.17, 15) is 5.11 Å². The number of aromatic hydroxyl groups is 1. The van der Waals surface area contributed by atoms with Gasteiger partial charge in [-0.25, -0.2) is 0 Å². The maximum Gasteiger partial charge on any atom is 0.120 e. The van der Waals surface area contributed by atoms with Crippen molar-refractivity contribution in [1.82, 2.24) is 5.32 Å². The van der Waals surface area contributed by atoms with Gasteiger partial charge in [0.25, 0.3) is 0 Å². The molecule has 102 valence electrons. The molecule has 0 saturated carbocycles. The molecule has 2 aromatic rings. The Kier molecular flexibility index (Phi) is 5.00. The van der Waals surface area contributed by atoms with Gasteiger partial charge in [0.1, 0.15) is 5.75 Å². The predicted molar refractivity (Wildman–Crippen MR) is 81.8 cm³/mol. The smallest absolute Gasteiger partial charge is 0.120 e. The second-order valence-electron chi connectivity index (χ2n) is 4.87. The molecule has 0 aliphatic heterocycles. The minimum atomic E-state index is 0.205. The third kappa shape index (κ3) is 3.82. The van der Waals surface area contributed by atoms with Gasteiger partial charge >= 0.3 is 0 Å². The topological polar surface area (TPSA) is 32.3 Å². The lowest BCUT2D eigenvalue weighted by Gasteiger charge is -2.23. The minimum Gasteiger partial charge on any atom is -0.508 e. The number of para-hydroxylation sites is 1. The first-order valence-electron chi connectivity index (χ1n) is 6.77. The Morgan fingerprint density at radius 1 is 1.21 bits per heavy atom. The fourth-order valence-corrected chi connectivity index (χ4v) is 3.18. The highest BCUT2D eigenvalue weighted by Gasteiger charge is 2.15. The first-order chi connectivity index (χ1) is 9.20. The Hall–Kier alpha value is -1.32. The summed E-state index contributed by atoms with van der Waals surface area (Å²) in [6, 6.07) is 12.4. The van der Waals surface area contributed by atoms with Crippen molar-refractivity contribution < 1.29 is 5.11 Å². The highest BCUT2D eigenvalue weighted by Crippen LogP contribution is 2.26. The second-order valence-corrected chi connectivity index (χ2v) is 5.90. The molecular formula is C16H21NOS. The average Bonchev–Trinajstić information content (AvgIpc) is 2.89. The quantitative estimate of drug-likeness (QED) is 0.831. The molecule has 19 heavy (non-hydrogen) atoms. The molecule has 1 heterocycles. The van der Waals surface area contributed by atoms with Gasteiger partial charge in [-0.05, 0) is 37.3 Å². The maximum atomic E-state index is 9.94. The van der Waals surface area contributed by atoms with Crippen LogP contribution < -0.4 is 5.32 Å². The number of phenols is 1. The fourth-order valence-electron chi connectivity index (χ4n) is 2.34. The Morgan fingerprint density at radius 3 is 2.63 bits per heavy atom. The Labute approximate surface area is 119 Å². The van der Waals surface area contributed by atoms with Crippen LogP contribution in [0.5, 0.6) is 5.75 Å². The predicted octanol–water partition coefficient (Wildman–Crippen LogP) is 4.13. The minimum absolute atomic E-state index is 0.205. The van der Waals surface area contributed by atoms with E-state index in [-0.39, 0.29) is 6.04 Å². The van der Waals surface area contributed by atoms with Gasteiger partial charge in [-0.2, -0.15) is 0 Å². The molecule has 0 aliphatic rings. The summed E-state index contributed by atoms with van der Waals surface area (Å²) in [6.45, 7) is 4.34. The van der Waals surface area contributed by atoms with Crippen molar-refractivity contribution >= 4 is 11.3 Å². The summed E-state index contributed by atoms with van der Waals surface area (Å²) in [6.07, 6.45) is 1.99. The number of benzene rings is 1. The van der Waals surface area contributed by atoms with Crippen molar-refractivity contribution in [3.8, 4) is 5.75 Å². The van der Waals surface area contributed by atoms with Gasteiger partial charge in [0.05, 0.1) is 0 Å². The fraction of sp³-hybridized carbons (Fsp3) is 0.375. The Bertz CT molecular complexity index is 495. The van der Waals surface area contributed by atoms with Gasteiger partial charge in [-0.3, -0.25) is 0 Å². The SMILES string of the molecule is CCC(NC(C)Cc1cccs1)c1ccccc1O. The lowest BCUT2D eigenvalue weighted by atomic mass is 10.0. The Morgan fingerprint density at radius 2 is 2.00 bits per heavy atom. The number of hydrogen-bond acceptors (Lipinski definition) is 3. The summed E-state index contributed by atoms with van der Waals surface area (Å²) < 4.78 is 0. The zero-order valence-electron chi connectivity index (χ0n) is 11.5. The summed E-state index contributed by atoms with van der Waals surface area (Å²) in [5, 5.41) is 15.7. The molecule has 1 aromatic carbocycles. The van der Waals surface area contributed by atoms with Crippen molar-refractivity contribution in [3.05, 3.63) is 52.2 Å². The molecule has 3 heteroatoms. The van der Waals surface area contributed by atoms with E-state index in [0.717, 1.165) is 18.4 Å². The zero-order valence-corrected chi connectivity index (χ0v) is 12.3. The number of hydrogen-bond donors (Lipinski definition) is 2. The van der Waals surface area contributed by atoms with Gasteiger partial charge in [0.2, 0.25) is 0 Å². The van der Waals surface area contributed by atoms with Crippen LogP contribution in [0.25, 0.3) is 0 Å². The third-order valence-electron chi connectivity index (χ3n) is 3.29. The van der Waals surface area contributed by atoms with Crippen LogP contribution in [0.1, 0.15) is 36.8 Å². The summed E-state index contributed by atoms with van der Waals surface area (Å²) in [7, 11) is 0. The van der Waals surface area contributed by atoms with E-state index < -0.39 is 0 Å². The number of nitrogens with one attached hydrogen (secondary N) is 1. The third-order valence-corrected chi connectivity index (χ3v) is 4.19. The molecule has 2 N–H and O–H groups in total. The van der Waals surface area contributed by atoms with Crippen molar-refractivity contribution in [2.45, 2.75) is 38.8 Å². The first kappa shape index (κ1) is 14.1. The van der Waals surface area contributed by atoms with E-state index in [1.165, 1.54) is 4.88 Å². The molecule has 2 rings (SSSR count). The normalized spacial score (nSPS) is 14.2. The highest BCUT2D eigenvalue weighted by molar-refractivity contribution is 7.09. The lowest BCUT2D eigenvalue weighted by molar-refractivity contribution is 0.414. The summed E-state index contributed by atoms with van der Waals surface area (Å²) in [5.41, 5.74) is 0.989. The summed E-state index contributed by atoms with van der Waals surface area (Å²) >= 11 is 1.80. The van der Waals surface area contributed by atoms with E-state index in [1.807, 2.05) is 18.2 Å². The van der Waals surface area contributed by atoms with Crippen LogP contribution in [-0.2, 0) is 6.42 Å². The standard InChI is InChI=1S/C16H21NOS/c1-3-15(14-8-4-5-9-16(14)18)17-12(2)11-13-7-6-10-19-13/h4-10,12,15,17-18H,3,11H2,1-2H3. The van der Waals surface area contributed by atoms with Gasteiger partial charge in [0.15, 0.2) is 0 Å². The van der Waals surface area contributed by atoms with Crippen LogP contribution in [0, 0.1) is 0 Å². The van der Waals surface area contributed by atoms with E-state index in [2.05, 4.69) is 36.7 Å². The molecule has 0 saturated heterocycles. The molecule has 0 radical (unpaired) electrons. The molecule has 2 nitrogen and oxygen atoms in total. The number of rotatable bonds is 6. The van der Waals surface area contributed by atoms with Crippen LogP contribution in [0.15, 0.2) is 41.8 Å². The number of phenolic OH excluding ortho intramolecular Hbond substituents is 1. The molecule has 0 spiro atoms. The van der Waals surface area contributed by atoms with Crippen LogP contribution in [0.4, 0.5) is 0 Å². The van der Waals surface area contributed by atoms with Crippen molar-refractivity contribution in [1.29, 1.82) is 0 Å². The van der Waals surface area contributed by atoms with Gasteiger partial charge in [-0.1, -0.05) is 31.2 Å². The summed E-state index contributed by atoms with van der Waals surface area (Å²) in [4.78, 5) is 1.40. The van der Waals surface area contributed by atoms with Gasteiger partial charge < -0.3 is 10.4 Å². The highest BCUT2D eigenvalue weighted by atomic mass is 32.1. The molecule has 2 atom stereocenters. The largest absolute Gasteiger partial charge is 0.508 e. The van der Waals surface area contributed by atoms with Crippen LogP contribution in [-0.4, -0.2) is 11.1 Å². The van der Waals surface area contributed by atoms with E-state index in [4.69, 9.17) is 0 Å². The van der Waals surface area contributed by atoms with E-state index in [0.29, 0.717) is 11.8 Å². The van der Waals surface area contributed by atoms with Gasteiger partial charge in [0, 0.05) is 22.5 Å². The van der Waals surface area contributed by atoms with Crippen LogP contribution in [0.2, 0.25) is 0 Å². The molecule has 2 unspecified atom stereocenters. The molecule has 0 fully saturated rings. The van der Waals surface area contributed by atoms with E-state index in [1.54, 1.807) is 17.4 Å². The number of thiophene rings is 1. The molecule has 0 bridgehead atoms. The van der Waals surface area contributed by atoms with Crippen molar-refractivity contribution in [2.75, 3.05) is 0 Å². The zero-order chi connectivity index (χ0) is 13.7. The summed E-state index contributed by atoms with van der Waals surface area (Å²) in [5.74, 6) is 0.380. The monoisotopic (exact) mass is 275 g/mol. The molecule has 0 aliphatic carbocycles. The molecule has 0 amide bonds. The lowest BCUT2D eigenvalue weighted by Crippen LogP contribution is -2.31. The molecular weight excluding hydrogens is 254 g/mol. The van der Waals surface area contributed by atoms with Crippen LogP contribution >= 0.6 is 11.3 Å². The van der Waals surface area contributed by atoms with Gasteiger partial charge in [-0.15, -0.1) is 11.3 Å².